The summed E-state index contributed by atoms with van der Waals surface area (Å²) in [5.41, 5.74) is 2.21. The number of benzene rings is 3. The van der Waals surface area contributed by atoms with Gasteiger partial charge in [0.25, 0.3) is 17.5 Å². The van der Waals surface area contributed by atoms with Gasteiger partial charge in [0.2, 0.25) is 0 Å². The molecule has 0 fully saturated rings. The fourth-order valence-corrected chi connectivity index (χ4v) is 3.49. The van der Waals surface area contributed by atoms with E-state index in [-0.39, 0.29) is 23.5 Å². The van der Waals surface area contributed by atoms with Crippen molar-refractivity contribution in [2.24, 2.45) is 0 Å². The van der Waals surface area contributed by atoms with Gasteiger partial charge in [-0.05, 0) is 42.0 Å². The Morgan fingerprint density at radius 2 is 1.86 bits per heavy atom. The first-order valence-corrected chi connectivity index (χ1v) is 11.1. The van der Waals surface area contributed by atoms with Gasteiger partial charge in [0, 0.05) is 30.7 Å². The van der Waals surface area contributed by atoms with E-state index in [1.54, 1.807) is 31.4 Å². The van der Waals surface area contributed by atoms with Crippen molar-refractivity contribution >= 4 is 34.6 Å². The number of rotatable bonds is 9. The van der Waals surface area contributed by atoms with Crippen LogP contribution in [0.15, 0.2) is 78.5 Å². The van der Waals surface area contributed by atoms with Crippen molar-refractivity contribution < 1.29 is 19.2 Å². The minimum absolute atomic E-state index is 0.0127. The second-order valence-electron chi connectivity index (χ2n) is 7.80. The fraction of sp³-hybridized carbons (Fsp3) is 0.115. The normalized spacial score (nSPS) is 11.2. The molecule has 2 amide bonds. The van der Waals surface area contributed by atoms with Gasteiger partial charge in [-0.3, -0.25) is 19.7 Å². The molecule has 10 nitrogen and oxygen atoms in total. The highest BCUT2D eigenvalue weighted by molar-refractivity contribution is 6.05. The van der Waals surface area contributed by atoms with Crippen molar-refractivity contribution in [1.29, 1.82) is 0 Å². The van der Waals surface area contributed by atoms with E-state index in [2.05, 4.69) is 20.6 Å². The third-order valence-corrected chi connectivity index (χ3v) is 5.32. The topological polar surface area (TPSA) is 139 Å². The molecule has 0 aliphatic carbocycles. The number of nitrogens with zero attached hydrogens (tertiary/aromatic N) is 2. The molecule has 0 saturated heterocycles. The van der Waals surface area contributed by atoms with Crippen LogP contribution in [0.2, 0.25) is 0 Å². The molecule has 4 aromatic rings. The van der Waals surface area contributed by atoms with Crippen molar-refractivity contribution in [2.45, 2.75) is 6.42 Å². The molecule has 1 aromatic heterocycles. The van der Waals surface area contributed by atoms with E-state index in [9.17, 15) is 19.7 Å². The first-order chi connectivity index (χ1) is 17.4. The average molecular weight is 486 g/mol. The van der Waals surface area contributed by atoms with Crippen LogP contribution >= 0.6 is 0 Å². The number of ether oxygens (including phenoxy) is 1. The summed E-state index contributed by atoms with van der Waals surface area (Å²) in [7, 11) is 1.55. The Balaban J connectivity index is 1.50. The minimum Gasteiger partial charge on any atom is -0.497 e. The minimum atomic E-state index is -0.647. The van der Waals surface area contributed by atoms with E-state index in [1.807, 2.05) is 24.3 Å². The zero-order valence-corrected chi connectivity index (χ0v) is 19.4. The Kier molecular flexibility index (Phi) is 7.35. The number of carbonyl (C=O) groups excluding carboxylic acids is 2. The number of H-pyrrole nitrogens is 1. The molecule has 0 spiro atoms. The van der Waals surface area contributed by atoms with Gasteiger partial charge in [0.15, 0.2) is 0 Å². The second kappa shape index (κ2) is 11.0. The SMILES string of the molecule is COc1ccc(/C=C(\NC(=O)c2cccc([N+](=O)[O-])c2)C(=O)NCCc2nc3ccccc3[nH]2)cc1. The number of aromatic amines is 1. The van der Waals surface area contributed by atoms with Crippen molar-refractivity contribution in [3.05, 3.63) is 106 Å². The Bertz CT molecular complexity index is 1410. The lowest BCUT2D eigenvalue weighted by Crippen LogP contribution is -2.35. The first-order valence-electron chi connectivity index (χ1n) is 11.1. The molecule has 0 unspecified atom stereocenters. The van der Waals surface area contributed by atoms with Crippen molar-refractivity contribution in [3.8, 4) is 5.75 Å². The predicted molar refractivity (Wildman–Crippen MR) is 134 cm³/mol. The van der Waals surface area contributed by atoms with Gasteiger partial charge in [-0.25, -0.2) is 4.98 Å². The van der Waals surface area contributed by atoms with Crippen LogP contribution in [0.25, 0.3) is 17.1 Å². The van der Waals surface area contributed by atoms with E-state index in [4.69, 9.17) is 4.74 Å². The van der Waals surface area contributed by atoms with Crippen LogP contribution in [-0.4, -0.2) is 40.4 Å². The molecule has 1 heterocycles. The molecule has 0 radical (unpaired) electrons. The average Bonchev–Trinajstić information content (AvgIpc) is 3.31. The predicted octanol–water partition coefficient (Wildman–Crippen LogP) is 3.61. The van der Waals surface area contributed by atoms with Crippen LogP contribution in [0.1, 0.15) is 21.7 Å². The highest BCUT2D eigenvalue weighted by Gasteiger charge is 2.17. The molecule has 3 aromatic carbocycles. The monoisotopic (exact) mass is 485 g/mol. The summed E-state index contributed by atoms with van der Waals surface area (Å²) in [6, 6.07) is 19.8. The molecule has 182 valence electrons. The van der Waals surface area contributed by atoms with Crippen LogP contribution in [0.3, 0.4) is 0 Å². The third kappa shape index (κ3) is 5.92. The molecule has 36 heavy (non-hydrogen) atoms. The summed E-state index contributed by atoms with van der Waals surface area (Å²) in [6.07, 6.45) is 1.97. The van der Waals surface area contributed by atoms with Crippen LogP contribution in [0, 0.1) is 10.1 Å². The quantitative estimate of drug-likeness (QED) is 0.188. The van der Waals surface area contributed by atoms with E-state index in [0.717, 1.165) is 22.9 Å². The number of fused-ring (bicyclic) bond motifs is 1. The number of hydrogen-bond donors (Lipinski definition) is 3. The molecular formula is C26H23N5O5. The molecule has 0 atom stereocenters. The molecule has 4 rings (SSSR count). The van der Waals surface area contributed by atoms with Gasteiger partial charge in [0.05, 0.1) is 23.1 Å². The number of nitro groups is 1. The Morgan fingerprint density at radius 3 is 2.58 bits per heavy atom. The van der Waals surface area contributed by atoms with Crippen LogP contribution in [0.5, 0.6) is 5.75 Å². The number of nitrogens with one attached hydrogen (secondary N) is 3. The lowest BCUT2D eigenvalue weighted by atomic mass is 10.1. The highest BCUT2D eigenvalue weighted by Crippen LogP contribution is 2.16. The Morgan fingerprint density at radius 1 is 1.08 bits per heavy atom. The van der Waals surface area contributed by atoms with Crippen LogP contribution < -0.4 is 15.4 Å². The number of methoxy groups -OCH3 is 1. The molecule has 0 bridgehead atoms. The van der Waals surface area contributed by atoms with Gasteiger partial charge in [-0.15, -0.1) is 0 Å². The summed E-state index contributed by atoms with van der Waals surface area (Å²) in [6.45, 7) is 0.269. The van der Waals surface area contributed by atoms with E-state index < -0.39 is 16.7 Å². The first kappa shape index (κ1) is 24.1. The van der Waals surface area contributed by atoms with Gasteiger partial charge in [-0.1, -0.05) is 30.3 Å². The molecule has 10 heteroatoms. The number of para-hydroxylation sites is 2. The van der Waals surface area contributed by atoms with Gasteiger partial charge < -0.3 is 20.4 Å². The summed E-state index contributed by atoms with van der Waals surface area (Å²) in [4.78, 5) is 44.0. The van der Waals surface area contributed by atoms with Gasteiger partial charge in [0.1, 0.15) is 17.3 Å². The van der Waals surface area contributed by atoms with E-state index >= 15 is 0 Å². The van der Waals surface area contributed by atoms with Gasteiger partial charge in [-0.2, -0.15) is 0 Å². The van der Waals surface area contributed by atoms with Crippen molar-refractivity contribution in [2.75, 3.05) is 13.7 Å². The number of carbonyl (C=O) groups is 2. The maximum absolute atomic E-state index is 13.0. The number of non-ortho nitro benzene ring substituents is 1. The summed E-state index contributed by atoms with van der Waals surface area (Å²) in [5, 5.41) is 16.4. The molecule has 3 N–H and O–H groups in total. The number of hydrogen-bond acceptors (Lipinski definition) is 6. The maximum atomic E-state index is 13.0. The zero-order valence-electron chi connectivity index (χ0n) is 19.4. The summed E-state index contributed by atoms with van der Waals surface area (Å²) >= 11 is 0. The summed E-state index contributed by atoms with van der Waals surface area (Å²) < 4.78 is 5.16. The van der Waals surface area contributed by atoms with Crippen LogP contribution in [-0.2, 0) is 11.2 Å². The standard InChI is InChI=1S/C26H23N5O5/c1-36-20-11-9-17(10-12-20)15-23(30-25(32)18-5-4-6-19(16-18)31(34)35)26(33)27-14-13-24-28-21-7-2-3-8-22(21)29-24/h2-12,15-16H,13-14H2,1H3,(H,27,33)(H,28,29)(H,30,32)/b23-15-. The van der Waals surface area contributed by atoms with Crippen molar-refractivity contribution in [1.82, 2.24) is 20.6 Å². The second-order valence-corrected chi connectivity index (χ2v) is 7.80. The number of nitro benzene ring substituents is 1. The number of aromatic nitrogens is 2. The lowest BCUT2D eigenvalue weighted by Gasteiger charge is -2.11. The van der Waals surface area contributed by atoms with E-state index in [1.165, 1.54) is 24.3 Å². The Hall–Kier alpha value is -4.99. The Labute approximate surface area is 206 Å². The molecular weight excluding hydrogens is 462 g/mol. The third-order valence-electron chi connectivity index (χ3n) is 5.32. The summed E-state index contributed by atoms with van der Waals surface area (Å²) in [5.74, 6) is 0.203. The smallest absolute Gasteiger partial charge is 0.270 e. The molecule has 0 aliphatic rings. The van der Waals surface area contributed by atoms with E-state index in [0.29, 0.717) is 17.7 Å². The van der Waals surface area contributed by atoms with Crippen molar-refractivity contribution in [3.63, 3.8) is 0 Å². The molecule has 0 aliphatic heterocycles. The largest absolute Gasteiger partial charge is 0.497 e. The number of amides is 2. The highest BCUT2D eigenvalue weighted by atomic mass is 16.6. The lowest BCUT2D eigenvalue weighted by molar-refractivity contribution is -0.384. The number of imidazole rings is 1. The zero-order chi connectivity index (χ0) is 25.5. The maximum Gasteiger partial charge on any atom is 0.270 e. The van der Waals surface area contributed by atoms with Crippen LogP contribution in [0.4, 0.5) is 5.69 Å². The fourth-order valence-electron chi connectivity index (χ4n) is 3.49. The molecule has 0 saturated carbocycles. The van der Waals surface area contributed by atoms with Gasteiger partial charge >= 0.3 is 0 Å².